The second-order valence-corrected chi connectivity index (χ2v) is 4.51. The molecule has 0 radical (unpaired) electrons. The smallest absolute Gasteiger partial charge is 0.151 e. The molecule has 0 unspecified atom stereocenters. The molecule has 0 bridgehead atoms. The Bertz CT molecular complexity index is 323. The molecule has 0 N–H and O–H groups in total. The molecular formula is C11H13FOS. The van der Waals surface area contributed by atoms with Gasteiger partial charge >= 0.3 is 0 Å². The average molecular weight is 212 g/mol. The van der Waals surface area contributed by atoms with Gasteiger partial charge in [-0.25, -0.2) is 4.39 Å². The first kappa shape index (κ1) is 11.2. The third kappa shape index (κ3) is 2.84. The fourth-order valence-corrected chi connectivity index (χ4v) is 2.01. The van der Waals surface area contributed by atoms with Crippen LogP contribution in [0.15, 0.2) is 23.1 Å². The van der Waals surface area contributed by atoms with Gasteiger partial charge in [0.2, 0.25) is 0 Å². The Labute approximate surface area is 87.7 Å². The number of carbonyl (C=O) groups excluding carboxylic acids is 1. The highest BCUT2D eigenvalue weighted by molar-refractivity contribution is 7.99. The topological polar surface area (TPSA) is 17.1 Å². The standard InChI is InChI=1S/C11H13FOS/c1-8(2)7-14-11-9(6-13)4-3-5-10(11)12/h3-6,8H,7H2,1-2H3. The Morgan fingerprint density at radius 1 is 1.50 bits per heavy atom. The molecule has 0 aliphatic rings. The lowest BCUT2D eigenvalue weighted by molar-refractivity contribution is 0.112. The van der Waals surface area contributed by atoms with Gasteiger partial charge in [0.15, 0.2) is 6.29 Å². The molecule has 0 amide bonds. The van der Waals surface area contributed by atoms with Crippen molar-refractivity contribution in [3.63, 3.8) is 0 Å². The van der Waals surface area contributed by atoms with Gasteiger partial charge in [-0.2, -0.15) is 0 Å². The van der Waals surface area contributed by atoms with Gasteiger partial charge in [-0.05, 0) is 12.0 Å². The predicted molar refractivity (Wildman–Crippen MR) is 57.3 cm³/mol. The molecule has 0 spiro atoms. The minimum Gasteiger partial charge on any atom is -0.298 e. The Hall–Kier alpha value is -0.830. The van der Waals surface area contributed by atoms with E-state index in [1.54, 1.807) is 12.1 Å². The third-order valence-electron chi connectivity index (χ3n) is 1.69. The maximum Gasteiger partial charge on any atom is 0.151 e. The van der Waals surface area contributed by atoms with E-state index in [0.29, 0.717) is 22.7 Å². The van der Waals surface area contributed by atoms with Gasteiger partial charge in [0, 0.05) is 11.3 Å². The summed E-state index contributed by atoms with van der Waals surface area (Å²) < 4.78 is 13.3. The van der Waals surface area contributed by atoms with E-state index < -0.39 is 0 Å². The van der Waals surface area contributed by atoms with Crippen molar-refractivity contribution in [2.45, 2.75) is 18.7 Å². The quantitative estimate of drug-likeness (QED) is 0.562. The number of halogens is 1. The first-order chi connectivity index (χ1) is 6.65. The molecule has 0 saturated carbocycles. The monoisotopic (exact) mass is 212 g/mol. The molecule has 1 rings (SSSR count). The van der Waals surface area contributed by atoms with Crippen molar-refractivity contribution in [1.29, 1.82) is 0 Å². The normalized spacial score (nSPS) is 10.6. The minimum atomic E-state index is -0.305. The van der Waals surface area contributed by atoms with Crippen LogP contribution in [0.5, 0.6) is 0 Å². The molecule has 3 heteroatoms. The van der Waals surface area contributed by atoms with Crippen molar-refractivity contribution in [3.8, 4) is 0 Å². The van der Waals surface area contributed by atoms with Crippen molar-refractivity contribution in [2.75, 3.05) is 5.75 Å². The molecule has 0 fully saturated rings. The lowest BCUT2D eigenvalue weighted by atomic mass is 10.2. The van der Waals surface area contributed by atoms with Crippen LogP contribution in [0.1, 0.15) is 24.2 Å². The second kappa shape index (κ2) is 5.15. The first-order valence-corrected chi connectivity index (χ1v) is 5.50. The maximum absolute atomic E-state index is 13.3. The number of aldehydes is 1. The molecule has 14 heavy (non-hydrogen) atoms. The van der Waals surface area contributed by atoms with Crippen LogP contribution in [0, 0.1) is 11.7 Å². The van der Waals surface area contributed by atoms with E-state index in [9.17, 15) is 9.18 Å². The summed E-state index contributed by atoms with van der Waals surface area (Å²) in [5, 5.41) is 0. The van der Waals surface area contributed by atoms with E-state index >= 15 is 0 Å². The van der Waals surface area contributed by atoms with Crippen molar-refractivity contribution in [1.82, 2.24) is 0 Å². The number of benzene rings is 1. The van der Waals surface area contributed by atoms with Crippen LogP contribution in [0.2, 0.25) is 0 Å². The lowest BCUT2D eigenvalue weighted by Crippen LogP contribution is -1.95. The average Bonchev–Trinajstić information content (AvgIpc) is 2.15. The predicted octanol–water partition coefficient (Wildman–Crippen LogP) is 3.39. The second-order valence-electron chi connectivity index (χ2n) is 3.48. The molecule has 0 heterocycles. The maximum atomic E-state index is 13.3. The number of hydrogen-bond donors (Lipinski definition) is 0. The number of carbonyl (C=O) groups is 1. The van der Waals surface area contributed by atoms with E-state index in [1.165, 1.54) is 17.8 Å². The molecule has 1 aromatic carbocycles. The molecule has 0 aromatic heterocycles. The molecule has 0 atom stereocenters. The number of hydrogen-bond acceptors (Lipinski definition) is 2. The summed E-state index contributed by atoms with van der Waals surface area (Å²) in [6.07, 6.45) is 0.700. The summed E-state index contributed by atoms with van der Waals surface area (Å²) >= 11 is 1.40. The van der Waals surface area contributed by atoms with Crippen LogP contribution >= 0.6 is 11.8 Å². The summed E-state index contributed by atoms with van der Waals surface area (Å²) in [6.45, 7) is 4.13. The minimum absolute atomic E-state index is 0.305. The zero-order valence-electron chi connectivity index (χ0n) is 8.29. The van der Waals surface area contributed by atoms with Gasteiger partial charge in [0.25, 0.3) is 0 Å². The summed E-state index contributed by atoms with van der Waals surface area (Å²) in [5.41, 5.74) is 0.440. The van der Waals surface area contributed by atoms with Crippen LogP contribution in [0.3, 0.4) is 0 Å². The van der Waals surface area contributed by atoms with Crippen LogP contribution < -0.4 is 0 Å². The SMILES string of the molecule is CC(C)CSc1c(F)cccc1C=O. The highest BCUT2D eigenvalue weighted by Crippen LogP contribution is 2.26. The Kier molecular flexibility index (Phi) is 4.14. The van der Waals surface area contributed by atoms with Crippen molar-refractivity contribution in [2.24, 2.45) is 5.92 Å². The summed E-state index contributed by atoms with van der Waals surface area (Å²) in [7, 11) is 0. The lowest BCUT2D eigenvalue weighted by Gasteiger charge is -2.07. The van der Waals surface area contributed by atoms with Crippen LogP contribution in [-0.4, -0.2) is 12.0 Å². The van der Waals surface area contributed by atoms with Gasteiger partial charge in [-0.15, -0.1) is 11.8 Å². The van der Waals surface area contributed by atoms with Gasteiger partial charge < -0.3 is 0 Å². The Balaban J connectivity index is 2.87. The molecule has 0 aliphatic heterocycles. The zero-order chi connectivity index (χ0) is 10.6. The number of thioether (sulfide) groups is 1. The summed E-state index contributed by atoms with van der Waals surface area (Å²) in [6, 6.07) is 4.58. The van der Waals surface area contributed by atoms with Crippen molar-refractivity contribution in [3.05, 3.63) is 29.6 Å². The van der Waals surface area contributed by atoms with Crippen LogP contribution in [0.25, 0.3) is 0 Å². The van der Waals surface area contributed by atoms with Gasteiger partial charge in [-0.3, -0.25) is 4.79 Å². The van der Waals surface area contributed by atoms with E-state index in [4.69, 9.17) is 0 Å². The first-order valence-electron chi connectivity index (χ1n) is 4.51. The van der Waals surface area contributed by atoms with Crippen LogP contribution in [-0.2, 0) is 0 Å². The molecular weight excluding hydrogens is 199 g/mol. The van der Waals surface area contributed by atoms with E-state index in [2.05, 4.69) is 13.8 Å². The van der Waals surface area contributed by atoms with E-state index in [-0.39, 0.29) is 5.82 Å². The highest BCUT2D eigenvalue weighted by Gasteiger charge is 2.08. The van der Waals surface area contributed by atoms with E-state index in [1.807, 2.05) is 0 Å². The molecule has 0 aliphatic carbocycles. The largest absolute Gasteiger partial charge is 0.298 e. The fraction of sp³-hybridized carbons (Fsp3) is 0.364. The van der Waals surface area contributed by atoms with Gasteiger partial charge in [0.05, 0.1) is 4.90 Å². The highest BCUT2D eigenvalue weighted by atomic mass is 32.2. The third-order valence-corrected chi connectivity index (χ3v) is 3.24. The molecule has 76 valence electrons. The fourth-order valence-electron chi connectivity index (χ4n) is 1.02. The van der Waals surface area contributed by atoms with Gasteiger partial charge in [0.1, 0.15) is 5.82 Å². The van der Waals surface area contributed by atoms with Crippen molar-refractivity contribution < 1.29 is 9.18 Å². The summed E-state index contributed by atoms with van der Waals surface area (Å²) in [4.78, 5) is 11.1. The Morgan fingerprint density at radius 2 is 2.21 bits per heavy atom. The Morgan fingerprint density at radius 3 is 2.79 bits per heavy atom. The van der Waals surface area contributed by atoms with Crippen molar-refractivity contribution >= 4 is 18.0 Å². The molecule has 0 saturated heterocycles. The van der Waals surface area contributed by atoms with Gasteiger partial charge in [-0.1, -0.05) is 26.0 Å². The van der Waals surface area contributed by atoms with E-state index in [0.717, 1.165) is 5.75 Å². The molecule has 1 aromatic rings. The summed E-state index contributed by atoms with van der Waals surface area (Å²) in [5.74, 6) is 1.00. The van der Waals surface area contributed by atoms with Crippen LogP contribution in [0.4, 0.5) is 4.39 Å². The zero-order valence-corrected chi connectivity index (χ0v) is 9.10. The number of rotatable bonds is 4. The molecule has 1 nitrogen and oxygen atoms in total.